The van der Waals surface area contributed by atoms with Gasteiger partial charge in [0, 0.05) is 19.2 Å². The molecule has 1 rings (SSSR count). The van der Waals surface area contributed by atoms with E-state index in [2.05, 4.69) is 5.32 Å². The van der Waals surface area contributed by atoms with Crippen molar-refractivity contribution in [3.63, 3.8) is 0 Å². The van der Waals surface area contributed by atoms with Crippen LogP contribution in [0, 0.1) is 6.92 Å². The highest BCUT2D eigenvalue weighted by Gasteiger charge is 2.17. The van der Waals surface area contributed by atoms with E-state index in [0.29, 0.717) is 24.5 Å². The number of hydrogen-bond acceptors (Lipinski definition) is 4. The number of carbonyl (C=O) groups excluding carboxylic acids is 1. The zero-order valence-corrected chi connectivity index (χ0v) is 12.5. The Hall–Kier alpha value is -1.59. The summed E-state index contributed by atoms with van der Waals surface area (Å²) in [7, 11) is 1.58. The van der Waals surface area contributed by atoms with Crippen molar-refractivity contribution in [1.82, 2.24) is 5.32 Å². The van der Waals surface area contributed by atoms with Gasteiger partial charge in [0.15, 0.2) is 6.10 Å². The summed E-state index contributed by atoms with van der Waals surface area (Å²) in [5.41, 5.74) is 1.71. The van der Waals surface area contributed by atoms with Crippen LogP contribution in [0.1, 0.15) is 31.1 Å². The van der Waals surface area contributed by atoms with Crippen LogP contribution in [0.15, 0.2) is 18.2 Å². The molecular weight excluding hydrogens is 258 g/mol. The summed E-state index contributed by atoms with van der Waals surface area (Å²) >= 11 is 0. The lowest BCUT2D eigenvalue weighted by Crippen LogP contribution is -2.38. The van der Waals surface area contributed by atoms with Crippen LogP contribution in [-0.2, 0) is 9.53 Å². The van der Waals surface area contributed by atoms with Gasteiger partial charge < -0.3 is 19.9 Å². The van der Waals surface area contributed by atoms with Gasteiger partial charge in [0.2, 0.25) is 0 Å². The summed E-state index contributed by atoms with van der Waals surface area (Å²) in [5.74, 6) is 0.319. The van der Waals surface area contributed by atoms with Crippen molar-refractivity contribution in [1.29, 1.82) is 0 Å². The van der Waals surface area contributed by atoms with Crippen LogP contribution in [0.4, 0.5) is 0 Å². The lowest BCUT2D eigenvalue weighted by molar-refractivity contribution is -0.127. The molecular formula is C15H23NO4. The van der Waals surface area contributed by atoms with Gasteiger partial charge in [0.25, 0.3) is 5.91 Å². The predicted octanol–water partition coefficient (Wildman–Crippen LogP) is 1.58. The fourth-order valence-electron chi connectivity index (χ4n) is 1.77. The van der Waals surface area contributed by atoms with E-state index in [-0.39, 0.29) is 5.91 Å². The number of nitrogens with one attached hydrogen (secondary N) is 1. The fourth-order valence-corrected chi connectivity index (χ4v) is 1.77. The van der Waals surface area contributed by atoms with E-state index in [1.165, 1.54) is 0 Å². The Morgan fingerprint density at radius 2 is 2.10 bits per heavy atom. The highest BCUT2D eigenvalue weighted by atomic mass is 16.5. The first-order valence-corrected chi connectivity index (χ1v) is 6.67. The lowest BCUT2D eigenvalue weighted by atomic mass is 10.1. The van der Waals surface area contributed by atoms with Crippen molar-refractivity contribution >= 4 is 5.91 Å². The van der Waals surface area contributed by atoms with E-state index in [1.807, 2.05) is 19.1 Å². The number of aryl methyl sites for hydroxylation is 1. The number of aliphatic hydroxyl groups is 1. The molecule has 20 heavy (non-hydrogen) atoms. The molecule has 0 aliphatic heterocycles. The highest BCUT2D eigenvalue weighted by molar-refractivity contribution is 5.80. The molecule has 2 N–H and O–H groups in total. The van der Waals surface area contributed by atoms with E-state index in [0.717, 1.165) is 5.56 Å². The summed E-state index contributed by atoms with van der Waals surface area (Å²) in [6, 6.07) is 5.52. The zero-order valence-electron chi connectivity index (χ0n) is 12.5. The molecule has 0 bridgehead atoms. The van der Waals surface area contributed by atoms with Gasteiger partial charge in [0.1, 0.15) is 5.75 Å². The maximum absolute atomic E-state index is 11.8. The number of hydrogen-bond donors (Lipinski definition) is 2. The van der Waals surface area contributed by atoms with Crippen molar-refractivity contribution in [2.45, 2.75) is 33.0 Å². The standard InChI is InChI=1S/C15H23NO4/c1-10-5-6-14(13(9-10)11(2)17)20-12(3)15(18)16-7-8-19-4/h5-6,9,11-12,17H,7-8H2,1-4H3,(H,16,18)/t11-,12?/m1/s1. The summed E-state index contributed by atoms with van der Waals surface area (Å²) in [4.78, 5) is 11.8. The van der Waals surface area contributed by atoms with Gasteiger partial charge in [-0.15, -0.1) is 0 Å². The molecule has 0 radical (unpaired) electrons. The van der Waals surface area contributed by atoms with Crippen LogP contribution in [0.3, 0.4) is 0 Å². The van der Waals surface area contributed by atoms with E-state index in [1.54, 1.807) is 27.0 Å². The van der Waals surface area contributed by atoms with Crippen molar-refractivity contribution in [3.8, 4) is 5.75 Å². The van der Waals surface area contributed by atoms with Gasteiger partial charge in [-0.25, -0.2) is 0 Å². The largest absolute Gasteiger partial charge is 0.481 e. The van der Waals surface area contributed by atoms with E-state index in [9.17, 15) is 9.90 Å². The Morgan fingerprint density at radius 1 is 1.40 bits per heavy atom. The fraction of sp³-hybridized carbons (Fsp3) is 0.533. The average Bonchev–Trinajstić information content (AvgIpc) is 2.40. The van der Waals surface area contributed by atoms with Gasteiger partial charge in [0.05, 0.1) is 12.7 Å². The molecule has 0 aliphatic carbocycles. The molecule has 0 heterocycles. The summed E-state index contributed by atoms with van der Waals surface area (Å²) in [6.45, 7) is 6.19. The van der Waals surface area contributed by atoms with Crippen LogP contribution in [-0.4, -0.2) is 37.4 Å². The van der Waals surface area contributed by atoms with Crippen molar-refractivity contribution in [2.24, 2.45) is 0 Å². The molecule has 112 valence electrons. The second kappa shape index (κ2) is 7.87. The molecule has 1 unspecified atom stereocenters. The van der Waals surface area contributed by atoms with Crippen molar-refractivity contribution in [2.75, 3.05) is 20.3 Å². The maximum atomic E-state index is 11.8. The third kappa shape index (κ3) is 4.83. The molecule has 2 atom stereocenters. The molecule has 0 spiro atoms. The Labute approximate surface area is 119 Å². The number of ether oxygens (including phenoxy) is 2. The molecule has 1 aromatic rings. The normalized spacial score (nSPS) is 13.7. The van der Waals surface area contributed by atoms with Crippen LogP contribution < -0.4 is 10.1 Å². The first-order chi connectivity index (χ1) is 9.45. The quantitative estimate of drug-likeness (QED) is 0.745. The van der Waals surface area contributed by atoms with Gasteiger partial charge in [-0.3, -0.25) is 4.79 Å². The van der Waals surface area contributed by atoms with Crippen molar-refractivity contribution < 1.29 is 19.4 Å². The maximum Gasteiger partial charge on any atom is 0.260 e. The number of methoxy groups -OCH3 is 1. The monoisotopic (exact) mass is 281 g/mol. The number of benzene rings is 1. The third-order valence-corrected chi connectivity index (χ3v) is 2.89. The van der Waals surface area contributed by atoms with Gasteiger partial charge in [-0.05, 0) is 32.9 Å². The molecule has 0 saturated heterocycles. The Bertz CT molecular complexity index is 445. The highest BCUT2D eigenvalue weighted by Crippen LogP contribution is 2.27. The smallest absolute Gasteiger partial charge is 0.260 e. The Kier molecular flexibility index (Phi) is 6.48. The molecule has 0 fully saturated rings. The lowest BCUT2D eigenvalue weighted by Gasteiger charge is -2.18. The molecule has 0 aliphatic rings. The van der Waals surface area contributed by atoms with Crippen molar-refractivity contribution in [3.05, 3.63) is 29.3 Å². The number of carbonyl (C=O) groups is 1. The van der Waals surface area contributed by atoms with Crippen LogP contribution in [0.2, 0.25) is 0 Å². The molecule has 5 heteroatoms. The van der Waals surface area contributed by atoms with Crippen LogP contribution in [0.5, 0.6) is 5.75 Å². The second-order valence-corrected chi connectivity index (χ2v) is 4.76. The summed E-state index contributed by atoms with van der Waals surface area (Å²) in [6.07, 6.45) is -1.28. The molecule has 1 aromatic carbocycles. The SMILES string of the molecule is COCCNC(=O)C(C)Oc1ccc(C)cc1[C@@H](C)O. The summed E-state index contributed by atoms with van der Waals surface area (Å²) in [5, 5.41) is 12.5. The average molecular weight is 281 g/mol. The van der Waals surface area contributed by atoms with Crippen LogP contribution >= 0.6 is 0 Å². The van der Waals surface area contributed by atoms with E-state index in [4.69, 9.17) is 9.47 Å². The second-order valence-electron chi connectivity index (χ2n) is 4.76. The molecule has 0 aromatic heterocycles. The minimum atomic E-state index is -0.645. The van der Waals surface area contributed by atoms with Gasteiger partial charge >= 0.3 is 0 Å². The summed E-state index contributed by atoms with van der Waals surface area (Å²) < 4.78 is 10.5. The third-order valence-electron chi connectivity index (χ3n) is 2.89. The first kappa shape index (κ1) is 16.5. The minimum absolute atomic E-state index is 0.209. The molecule has 1 amide bonds. The van der Waals surface area contributed by atoms with Gasteiger partial charge in [-0.1, -0.05) is 11.6 Å². The van der Waals surface area contributed by atoms with Gasteiger partial charge in [-0.2, -0.15) is 0 Å². The molecule has 0 saturated carbocycles. The first-order valence-electron chi connectivity index (χ1n) is 6.67. The van der Waals surface area contributed by atoms with E-state index >= 15 is 0 Å². The number of aliphatic hydroxyl groups excluding tert-OH is 1. The Morgan fingerprint density at radius 3 is 2.70 bits per heavy atom. The van der Waals surface area contributed by atoms with E-state index < -0.39 is 12.2 Å². The Balaban J connectivity index is 2.70. The minimum Gasteiger partial charge on any atom is -0.481 e. The molecule has 5 nitrogen and oxygen atoms in total. The number of rotatable bonds is 7. The topological polar surface area (TPSA) is 67.8 Å². The predicted molar refractivity (Wildman–Crippen MR) is 76.8 cm³/mol. The van der Waals surface area contributed by atoms with Crippen LogP contribution in [0.25, 0.3) is 0 Å². The number of amides is 1. The zero-order chi connectivity index (χ0) is 15.1.